The smallest absolute Gasteiger partial charge is 0.132 e. The minimum Gasteiger partial charge on any atom is -0.325 e. The number of nitrogens with one attached hydrogen (secondary N) is 3. The summed E-state index contributed by atoms with van der Waals surface area (Å²) < 4.78 is 0. The third-order valence-electron chi connectivity index (χ3n) is 5.42. The molecule has 0 fully saturated rings. The standard InChI is InChI=1S/C24H25N3/c1-2-3-4-8-14-19-17-13-9-10-15-18(17)20(16-11-6-5-7-12-16)22-21(19)23(25)27-24(22)26/h5-7,9-13,15H,2-4,8,14H2,1H3,(H3,25,26,27). The lowest BCUT2D eigenvalue weighted by molar-refractivity contribution is 0.668. The van der Waals surface area contributed by atoms with Gasteiger partial charge >= 0.3 is 0 Å². The topological polar surface area (TPSA) is 59.7 Å². The van der Waals surface area contributed by atoms with Gasteiger partial charge in [-0.05, 0) is 34.7 Å². The van der Waals surface area contributed by atoms with Crippen LogP contribution in [-0.4, -0.2) is 11.7 Å². The first-order chi connectivity index (χ1) is 13.2. The molecule has 27 heavy (non-hydrogen) atoms. The number of fused-ring (bicyclic) bond motifs is 2. The Balaban J connectivity index is 1.99. The predicted molar refractivity (Wildman–Crippen MR) is 114 cm³/mol. The van der Waals surface area contributed by atoms with E-state index in [9.17, 15) is 0 Å². The van der Waals surface area contributed by atoms with Crippen molar-refractivity contribution in [2.45, 2.75) is 39.0 Å². The van der Waals surface area contributed by atoms with Gasteiger partial charge in [-0.15, -0.1) is 0 Å². The Morgan fingerprint density at radius 1 is 0.704 bits per heavy atom. The fraction of sp³-hybridized carbons (Fsp3) is 0.250. The number of aryl methyl sites for hydroxylation is 1. The lowest BCUT2D eigenvalue weighted by Crippen LogP contribution is -2.20. The van der Waals surface area contributed by atoms with E-state index in [1.165, 1.54) is 35.6 Å². The first-order valence-electron chi connectivity index (χ1n) is 9.80. The van der Waals surface area contributed by atoms with Crippen molar-refractivity contribution in [3.8, 4) is 11.1 Å². The first-order valence-corrected chi connectivity index (χ1v) is 9.80. The van der Waals surface area contributed by atoms with E-state index in [4.69, 9.17) is 10.8 Å². The summed E-state index contributed by atoms with van der Waals surface area (Å²) in [4.78, 5) is 0. The van der Waals surface area contributed by atoms with Crippen LogP contribution in [0.2, 0.25) is 0 Å². The zero-order valence-electron chi connectivity index (χ0n) is 15.7. The minimum absolute atomic E-state index is 0.342. The number of hydrogen-bond donors (Lipinski definition) is 3. The van der Waals surface area contributed by atoms with Gasteiger partial charge in [-0.1, -0.05) is 80.8 Å². The molecule has 1 aliphatic rings. The van der Waals surface area contributed by atoms with Gasteiger partial charge < -0.3 is 5.32 Å². The molecule has 0 aliphatic carbocycles. The lowest BCUT2D eigenvalue weighted by atomic mass is 9.85. The number of amidine groups is 2. The number of rotatable bonds is 6. The van der Waals surface area contributed by atoms with Gasteiger partial charge in [-0.2, -0.15) is 0 Å². The van der Waals surface area contributed by atoms with Crippen LogP contribution in [-0.2, 0) is 6.42 Å². The van der Waals surface area contributed by atoms with Gasteiger partial charge in [-0.25, -0.2) is 0 Å². The molecule has 0 amide bonds. The highest BCUT2D eigenvalue weighted by molar-refractivity contribution is 6.29. The summed E-state index contributed by atoms with van der Waals surface area (Å²) in [5.41, 5.74) is 5.20. The SMILES string of the molecule is CCCCCCc1c2c(c(-c3ccccc3)c3ccccc13)C(=N)NC2=N. The van der Waals surface area contributed by atoms with Crippen LogP contribution in [0.4, 0.5) is 0 Å². The van der Waals surface area contributed by atoms with Gasteiger partial charge in [0.15, 0.2) is 0 Å². The first kappa shape index (κ1) is 17.5. The summed E-state index contributed by atoms with van der Waals surface area (Å²) >= 11 is 0. The van der Waals surface area contributed by atoms with Crippen molar-refractivity contribution in [3.63, 3.8) is 0 Å². The molecule has 3 aromatic rings. The third-order valence-corrected chi connectivity index (χ3v) is 5.42. The van der Waals surface area contributed by atoms with Crippen molar-refractivity contribution in [1.29, 1.82) is 10.8 Å². The summed E-state index contributed by atoms with van der Waals surface area (Å²) in [5.74, 6) is 0.706. The van der Waals surface area contributed by atoms with Crippen molar-refractivity contribution in [2.24, 2.45) is 0 Å². The van der Waals surface area contributed by atoms with E-state index in [0.717, 1.165) is 35.1 Å². The molecule has 3 heteroatoms. The molecule has 0 atom stereocenters. The molecular formula is C24H25N3. The van der Waals surface area contributed by atoms with Crippen LogP contribution in [0, 0.1) is 10.8 Å². The molecule has 0 radical (unpaired) electrons. The Kier molecular flexibility index (Phi) is 4.76. The van der Waals surface area contributed by atoms with Crippen LogP contribution >= 0.6 is 0 Å². The molecule has 0 bridgehead atoms. The van der Waals surface area contributed by atoms with E-state index in [-0.39, 0.29) is 0 Å². The van der Waals surface area contributed by atoms with Crippen LogP contribution in [0.3, 0.4) is 0 Å². The van der Waals surface area contributed by atoms with Crippen molar-refractivity contribution < 1.29 is 0 Å². The highest BCUT2D eigenvalue weighted by Gasteiger charge is 2.30. The van der Waals surface area contributed by atoms with Gasteiger partial charge in [0.25, 0.3) is 0 Å². The lowest BCUT2D eigenvalue weighted by Gasteiger charge is -2.17. The van der Waals surface area contributed by atoms with E-state index >= 15 is 0 Å². The van der Waals surface area contributed by atoms with Crippen LogP contribution in [0.15, 0.2) is 54.6 Å². The van der Waals surface area contributed by atoms with Crippen molar-refractivity contribution >= 4 is 22.4 Å². The summed E-state index contributed by atoms with van der Waals surface area (Å²) in [5, 5.41) is 22.4. The summed E-state index contributed by atoms with van der Waals surface area (Å²) in [6.07, 6.45) is 5.74. The molecule has 0 saturated carbocycles. The van der Waals surface area contributed by atoms with Crippen molar-refractivity contribution in [2.75, 3.05) is 0 Å². The third kappa shape index (κ3) is 3.03. The maximum Gasteiger partial charge on any atom is 0.132 e. The average Bonchev–Trinajstić information content (AvgIpc) is 2.99. The normalized spacial score (nSPS) is 13.1. The minimum atomic E-state index is 0.342. The summed E-state index contributed by atoms with van der Waals surface area (Å²) in [7, 11) is 0. The van der Waals surface area contributed by atoms with Crippen molar-refractivity contribution in [3.05, 3.63) is 71.3 Å². The number of hydrogen-bond acceptors (Lipinski definition) is 2. The molecule has 0 unspecified atom stereocenters. The summed E-state index contributed by atoms with van der Waals surface area (Å²) in [6.45, 7) is 2.22. The van der Waals surface area contributed by atoms with E-state index in [1.54, 1.807) is 0 Å². The molecule has 0 aromatic heterocycles. The van der Waals surface area contributed by atoms with Crippen molar-refractivity contribution in [1.82, 2.24) is 5.32 Å². The Hall–Kier alpha value is -2.94. The molecule has 136 valence electrons. The van der Waals surface area contributed by atoms with E-state index in [1.807, 2.05) is 18.2 Å². The van der Waals surface area contributed by atoms with Gasteiger partial charge in [0.1, 0.15) is 11.7 Å². The molecule has 1 aliphatic heterocycles. The molecule has 0 saturated heterocycles. The molecule has 0 spiro atoms. The Morgan fingerprint density at radius 2 is 1.37 bits per heavy atom. The monoisotopic (exact) mass is 355 g/mol. The molecule has 3 N–H and O–H groups in total. The molecule has 3 aromatic carbocycles. The van der Waals surface area contributed by atoms with Gasteiger partial charge in [0.2, 0.25) is 0 Å². The maximum absolute atomic E-state index is 8.51. The van der Waals surface area contributed by atoms with E-state index in [0.29, 0.717) is 11.7 Å². The number of benzene rings is 3. The predicted octanol–water partition coefficient (Wildman–Crippen LogP) is 5.88. The Bertz CT molecular complexity index is 1020. The fourth-order valence-corrected chi connectivity index (χ4v) is 4.18. The zero-order valence-corrected chi connectivity index (χ0v) is 15.7. The average molecular weight is 355 g/mol. The molecular weight excluding hydrogens is 330 g/mol. The van der Waals surface area contributed by atoms with Crippen LogP contribution < -0.4 is 5.32 Å². The maximum atomic E-state index is 8.51. The van der Waals surface area contributed by atoms with Crippen LogP contribution in [0.25, 0.3) is 21.9 Å². The second-order valence-electron chi connectivity index (χ2n) is 7.20. The van der Waals surface area contributed by atoms with E-state index < -0.39 is 0 Å². The number of unbranched alkanes of at least 4 members (excludes halogenated alkanes) is 3. The second kappa shape index (κ2) is 7.36. The van der Waals surface area contributed by atoms with Crippen LogP contribution in [0.1, 0.15) is 49.3 Å². The quantitative estimate of drug-likeness (QED) is 0.475. The van der Waals surface area contributed by atoms with Gasteiger partial charge in [0, 0.05) is 16.7 Å². The summed E-state index contributed by atoms with van der Waals surface area (Å²) in [6, 6.07) is 18.7. The largest absolute Gasteiger partial charge is 0.325 e. The molecule has 1 heterocycles. The second-order valence-corrected chi connectivity index (χ2v) is 7.20. The van der Waals surface area contributed by atoms with Gasteiger partial charge in [-0.3, -0.25) is 10.8 Å². The fourth-order valence-electron chi connectivity index (χ4n) is 4.18. The zero-order chi connectivity index (χ0) is 18.8. The van der Waals surface area contributed by atoms with Gasteiger partial charge in [0.05, 0.1) is 0 Å². The highest BCUT2D eigenvalue weighted by Crippen LogP contribution is 2.40. The van der Waals surface area contributed by atoms with Crippen LogP contribution in [0.5, 0.6) is 0 Å². The van der Waals surface area contributed by atoms with E-state index in [2.05, 4.69) is 48.6 Å². The Labute approximate surface area is 160 Å². The Morgan fingerprint density at radius 3 is 2.11 bits per heavy atom. The highest BCUT2D eigenvalue weighted by atomic mass is 15.0. The molecule has 3 nitrogen and oxygen atoms in total. The molecule has 4 rings (SSSR count).